The molecule has 6 rings (SSSR count). The van der Waals surface area contributed by atoms with Gasteiger partial charge in [-0.2, -0.15) is 5.10 Å². The van der Waals surface area contributed by atoms with Crippen LogP contribution < -0.4 is 16.2 Å². The minimum atomic E-state index is -0.545. The number of ether oxygens (including phenoxy) is 1. The normalized spacial score (nSPS) is 15.2. The zero-order valence-corrected chi connectivity index (χ0v) is 22.9. The van der Waals surface area contributed by atoms with Crippen LogP contribution in [0.5, 0.6) is 0 Å². The third-order valence-corrected chi connectivity index (χ3v) is 7.20. The minimum Gasteiger partial charge on any atom is -0.368 e. The summed E-state index contributed by atoms with van der Waals surface area (Å²) < 4.78 is 8.55. The Morgan fingerprint density at radius 3 is 2.81 bits per heavy atom. The molecule has 2 amide bonds. The van der Waals surface area contributed by atoms with E-state index >= 15 is 0 Å². The number of rotatable bonds is 6. The van der Waals surface area contributed by atoms with Crippen molar-refractivity contribution >= 4 is 28.2 Å². The second-order valence-electron chi connectivity index (χ2n) is 9.98. The average molecular weight is 561 g/mol. The summed E-state index contributed by atoms with van der Waals surface area (Å²) in [5, 5.41) is 11.1. The monoisotopic (exact) mass is 560 g/mol. The number of carbonyl (C=O) groups excluding carboxylic acids is 2. The first-order valence-electron chi connectivity index (χ1n) is 13.7. The molecule has 3 aromatic heterocycles. The Hall–Kier alpha value is -5.27. The van der Waals surface area contributed by atoms with E-state index in [1.54, 1.807) is 29.1 Å². The molecule has 210 valence electrons. The van der Waals surface area contributed by atoms with Crippen molar-refractivity contribution in [2.45, 2.75) is 31.9 Å². The molecule has 1 aliphatic rings. The Labute approximate surface area is 241 Å². The van der Waals surface area contributed by atoms with E-state index in [1.807, 2.05) is 55.5 Å². The summed E-state index contributed by atoms with van der Waals surface area (Å²) in [4.78, 5) is 44.0. The van der Waals surface area contributed by atoms with Crippen LogP contribution in [-0.2, 0) is 9.53 Å². The molecule has 0 bridgehead atoms. The molecule has 2 atom stereocenters. The smallest absolute Gasteiger partial charge is 0.264 e. The lowest BCUT2D eigenvalue weighted by Gasteiger charge is -2.21. The summed E-state index contributed by atoms with van der Waals surface area (Å²) in [6, 6.07) is 17.8. The van der Waals surface area contributed by atoms with Crippen molar-refractivity contribution in [2.24, 2.45) is 0 Å². The summed E-state index contributed by atoms with van der Waals surface area (Å²) in [6.07, 6.45) is 5.95. The Balaban J connectivity index is 1.35. The number of hydrogen-bond donors (Lipinski definition) is 2. The molecule has 1 aliphatic heterocycles. The standard InChI is InChI=1S/C32H28N6O4/c1-21(36-30(39)25-20-35-37-17-8-16-33-29(25)37)26-19-23-10-5-9-22(11-6-15-34-31(40)27-14-7-18-42-27)28(23)32(41)38(26)24-12-3-2-4-13-24/h2-5,8-10,12-13,16-17,19-21,27H,7,14-15,18H2,1H3,(H,34,40)(H,36,39). The number of hydrogen-bond acceptors (Lipinski definition) is 6. The number of fused-ring (bicyclic) bond motifs is 2. The summed E-state index contributed by atoms with van der Waals surface area (Å²) in [5.74, 6) is 5.51. The summed E-state index contributed by atoms with van der Waals surface area (Å²) in [7, 11) is 0. The van der Waals surface area contributed by atoms with Gasteiger partial charge >= 0.3 is 0 Å². The fraction of sp³-hybridized carbons (Fsp3) is 0.219. The third kappa shape index (κ3) is 5.25. The number of aromatic nitrogens is 4. The largest absolute Gasteiger partial charge is 0.368 e. The van der Waals surface area contributed by atoms with E-state index in [1.165, 1.54) is 10.7 Å². The first kappa shape index (κ1) is 26.9. The van der Waals surface area contributed by atoms with E-state index in [-0.39, 0.29) is 23.9 Å². The molecule has 0 radical (unpaired) electrons. The van der Waals surface area contributed by atoms with Gasteiger partial charge in [-0.1, -0.05) is 42.2 Å². The van der Waals surface area contributed by atoms with E-state index in [2.05, 4.69) is 32.6 Å². The highest BCUT2D eigenvalue weighted by Crippen LogP contribution is 2.24. The van der Waals surface area contributed by atoms with Crippen LogP contribution in [0.3, 0.4) is 0 Å². The zero-order valence-electron chi connectivity index (χ0n) is 22.9. The van der Waals surface area contributed by atoms with Crippen LogP contribution in [-0.4, -0.2) is 50.2 Å². The molecule has 1 saturated heterocycles. The van der Waals surface area contributed by atoms with Crippen LogP contribution in [0.1, 0.15) is 47.4 Å². The number of nitrogens with one attached hydrogen (secondary N) is 2. The number of carbonyl (C=O) groups is 2. The van der Waals surface area contributed by atoms with Gasteiger partial charge < -0.3 is 15.4 Å². The molecule has 0 aliphatic carbocycles. The zero-order chi connectivity index (χ0) is 29.1. The molecule has 10 nitrogen and oxygen atoms in total. The topological polar surface area (TPSA) is 120 Å². The predicted molar refractivity (Wildman–Crippen MR) is 157 cm³/mol. The average Bonchev–Trinajstić information content (AvgIpc) is 3.70. The predicted octanol–water partition coefficient (Wildman–Crippen LogP) is 3.17. The van der Waals surface area contributed by atoms with E-state index in [0.29, 0.717) is 52.0 Å². The van der Waals surface area contributed by atoms with Crippen LogP contribution >= 0.6 is 0 Å². The molecule has 2 N–H and O–H groups in total. The van der Waals surface area contributed by atoms with Crippen LogP contribution in [0.4, 0.5) is 0 Å². The number of pyridine rings is 1. The van der Waals surface area contributed by atoms with Crippen molar-refractivity contribution < 1.29 is 14.3 Å². The number of para-hydroxylation sites is 1. The Kier molecular flexibility index (Phi) is 7.49. The molecule has 2 unspecified atom stereocenters. The van der Waals surface area contributed by atoms with Gasteiger partial charge in [0.2, 0.25) is 5.91 Å². The lowest BCUT2D eigenvalue weighted by molar-refractivity contribution is -0.129. The maximum absolute atomic E-state index is 14.2. The maximum Gasteiger partial charge on any atom is 0.264 e. The van der Waals surface area contributed by atoms with E-state index in [0.717, 1.165) is 6.42 Å². The SMILES string of the molecule is CC(NC(=O)c1cnn2cccnc12)c1cc2cccc(C#CCNC(=O)C3CCCO3)c2c(=O)n1-c1ccccc1. The Morgan fingerprint density at radius 1 is 1.14 bits per heavy atom. The maximum atomic E-state index is 14.2. The second kappa shape index (κ2) is 11.7. The van der Waals surface area contributed by atoms with Crippen LogP contribution in [0.25, 0.3) is 22.1 Å². The van der Waals surface area contributed by atoms with Crippen molar-refractivity contribution in [3.05, 3.63) is 106 Å². The Morgan fingerprint density at radius 2 is 2.00 bits per heavy atom. The fourth-order valence-electron chi connectivity index (χ4n) is 5.15. The molecule has 2 aromatic carbocycles. The van der Waals surface area contributed by atoms with Gasteiger partial charge in [0.05, 0.1) is 24.2 Å². The molecule has 0 saturated carbocycles. The van der Waals surface area contributed by atoms with Gasteiger partial charge in [-0.3, -0.25) is 19.0 Å². The Bertz CT molecular complexity index is 1910. The number of nitrogens with zero attached hydrogens (tertiary/aromatic N) is 4. The molecule has 5 aromatic rings. The van der Waals surface area contributed by atoms with Gasteiger partial charge in [0.1, 0.15) is 11.7 Å². The van der Waals surface area contributed by atoms with Crippen molar-refractivity contribution in [1.29, 1.82) is 0 Å². The minimum absolute atomic E-state index is 0.140. The van der Waals surface area contributed by atoms with E-state index < -0.39 is 12.1 Å². The highest BCUT2D eigenvalue weighted by molar-refractivity contribution is 5.99. The van der Waals surface area contributed by atoms with Gasteiger partial charge in [-0.05, 0) is 55.5 Å². The molecule has 0 spiro atoms. The summed E-state index contributed by atoms with van der Waals surface area (Å²) >= 11 is 0. The van der Waals surface area contributed by atoms with Crippen LogP contribution in [0.2, 0.25) is 0 Å². The fourth-order valence-corrected chi connectivity index (χ4v) is 5.15. The number of benzene rings is 2. The lowest BCUT2D eigenvalue weighted by atomic mass is 10.0. The van der Waals surface area contributed by atoms with Crippen molar-refractivity contribution in [3.8, 4) is 17.5 Å². The molecule has 4 heterocycles. The summed E-state index contributed by atoms with van der Waals surface area (Å²) in [6.45, 7) is 2.56. The first-order chi connectivity index (χ1) is 20.5. The van der Waals surface area contributed by atoms with Gasteiger partial charge in [0, 0.05) is 35.9 Å². The van der Waals surface area contributed by atoms with Crippen LogP contribution in [0.15, 0.2) is 84.0 Å². The van der Waals surface area contributed by atoms with Gasteiger partial charge in [-0.15, -0.1) is 0 Å². The van der Waals surface area contributed by atoms with Gasteiger partial charge in [0.25, 0.3) is 11.5 Å². The highest BCUT2D eigenvalue weighted by Gasteiger charge is 2.23. The van der Waals surface area contributed by atoms with Gasteiger partial charge in [0.15, 0.2) is 5.65 Å². The van der Waals surface area contributed by atoms with Gasteiger partial charge in [-0.25, -0.2) is 9.50 Å². The molecule has 1 fully saturated rings. The third-order valence-electron chi connectivity index (χ3n) is 7.20. The van der Waals surface area contributed by atoms with Crippen LogP contribution in [0, 0.1) is 11.8 Å². The van der Waals surface area contributed by atoms with E-state index in [4.69, 9.17) is 4.74 Å². The second-order valence-corrected chi connectivity index (χ2v) is 9.98. The molecule has 10 heteroatoms. The molecular formula is C32H28N6O4. The van der Waals surface area contributed by atoms with Crippen molar-refractivity contribution in [3.63, 3.8) is 0 Å². The van der Waals surface area contributed by atoms with Crippen molar-refractivity contribution in [2.75, 3.05) is 13.2 Å². The molecule has 42 heavy (non-hydrogen) atoms. The highest BCUT2D eigenvalue weighted by atomic mass is 16.5. The quantitative estimate of drug-likeness (QED) is 0.308. The van der Waals surface area contributed by atoms with Crippen molar-refractivity contribution in [1.82, 2.24) is 29.8 Å². The summed E-state index contributed by atoms with van der Waals surface area (Å²) in [5.41, 5.74) is 2.32. The number of amides is 2. The lowest BCUT2D eigenvalue weighted by Crippen LogP contribution is -2.34. The molecular weight excluding hydrogens is 532 g/mol. The van der Waals surface area contributed by atoms with E-state index in [9.17, 15) is 14.4 Å². The first-order valence-corrected chi connectivity index (χ1v) is 13.7.